The van der Waals surface area contributed by atoms with E-state index >= 15 is 0 Å². The van der Waals surface area contributed by atoms with Crippen molar-refractivity contribution in [2.24, 2.45) is 0 Å². The van der Waals surface area contributed by atoms with Crippen molar-refractivity contribution in [2.45, 2.75) is 44.7 Å². The highest BCUT2D eigenvalue weighted by atomic mass is 16.6. The summed E-state index contributed by atoms with van der Waals surface area (Å²) in [5, 5.41) is 19.3. The van der Waals surface area contributed by atoms with Crippen LogP contribution >= 0.6 is 0 Å². The molecular formula is C11H16O3. The average Bonchev–Trinajstić information content (AvgIpc) is 2.88. The molecule has 0 aromatic rings. The zero-order chi connectivity index (χ0) is 10.3. The summed E-state index contributed by atoms with van der Waals surface area (Å²) in [6.07, 6.45) is 3.06. The Bertz CT molecular complexity index is 289. The van der Waals surface area contributed by atoms with Gasteiger partial charge in [0.05, 0.1) is 0 Å². The number of hydrogen-bond acceptors (Lipinski definition) is 3. The van der Waals surface area contributed by atoms with E-state index in [1.807, 2.05) is 19.9 Å². The zero-order valence-electron chi connectivity index (χ0n) is 8.47. The van der Waals surface area contributed by atoms with Crippen LogP contribution in [0.1, 0.15) is 20.3 Å². The SMILES string of the molecule is CC(C)=CCC1=CC(O)C2OC2C1O. The monoisotopic (exact) mass is 196 g/mol. The number of hydrogen-bond donors (Lipinski definition) is 2. The Hall–Kier alpha value is -0.640. The molecule has 0 aromatic heterocycles. The van der Waals surface area contributed by atoms with Crippen molar-refractivity contribution in [1.29, 1.82) is 0 Å². The van der Waals surface area contributed by atoms with E-state index in [4.69, 9.17) is 4.74 Å². The normalized spacial score (nSPS) is 39.9. The van der Waals surface area contributed by atoms with Crippen LogP contribution in [0, 0.1) is 0 Å². The molecule has 2 N–H and O–H groups in total. The van der Waals surface area contributed by atoms with Gasteiger partial charge >= 0.3 is 0 Å². The fourth-order valence-electron chi connectivity index (χ4n) is 1.80. The van der Waals surface area contributed by atoms with Crippen LogP contribution in [0.5, 0.6) is 0 Å². The van der Waals surface area contributed by atoms with Gasteiger partial charge in [-0.3, -0.25) is 0 Å². The van der Waals surface area contributed by atoms with Crippen molar-refractivity contribution in [3.63, 3.8) is 0 Å². The zero-order valence-corrected chi connectivity index (χ0v) is 8.47. The molecule has 0 radical (unpaired) electrons. The second-order valence-electron chi connectivity index (χ2n) is 4.23. The molecule has 3 nitrogen and oxygen atoms in total. The van der Waals surface area contributed by atoms with E-state index in [0.29, 0.717) is 6.42 Å². The van der Waals surface area contributed by atoms with Gasteiger partial charge in [0.1, 0.15) is 24.4 Å². The molecule has 1 saturated heterocycles. The van der Waals surface area contributed by atoms with Crippen LogP contribution < -0.4 is 0 Å². The minimum atomic E-state index is -0.538. The lowest BCUT2D eigenvalue weighted by molar-refractivity contribution is 0.161. The first-order valence-corrected chi connectivity index (χ1v) is 4.95. The number of aliphatic hydroxyl groups is 2. The molecule has 14 heavy (non-hydrogen) atoms. The van der Waals surface area contributed by atoms with E-state index in [2.05, 4.69) is 0 Å². The minimum Gasteiger partial charge on any atom is -0.386 e. The molecule has 0 aromatic carbocycles. The molecule has 1 heterocycles. The van der Waals surface area contributed by atoms with Crippen LogP contribution in [-0.2, 0) is 4.74 Å². The maximum absolute atomic E-state index is 9.78. The van der Waals surface area contributed by atoms with E-state index in [0.717, 1.165) is 5.57 Å². The lowest BCUT2D eigenvalue weighted by Gasteiger charge is -2.18. The third-order valence-electron chi connectivity index (χ3n) is 2.72. The maximum Gasteiger partial charge on any atom is 0.117 e. The van der Waals surface area contributed by atoms with Gasteiger partial charge in [-0.15, -0.1) is 0 Å². The Labute approximate surface area is 83.7 Å². The largest absolute Gasteiger partial charge is 0.386 e. The highest BCUT2D eigenvalue weighted by Crippen LogP contribution is 2.37. The van der Waals surface area contributed by atoms with Crippen molar-refractivity contribution in [3.8, 4) is 0 Å². The molecule has 2 aliphatic rings. The predicted octanol–water partition coefficient (Wildman–Crippen LogP) is 0.772. The average molecular weight is 196 g/mol. The Morgan fingerprint density at radius 1 is 1.43 bits per heavy atom. The summed E-state index contributed by atoms with van der Waals surface area (Å²) in [6.45, 7) is 4.03. The summed E-state index contributed by atoms with van der Waals surface area (Å²) in [6, 6.07) is 0. The first-order chi connectivity index (χ1) is 6.59. The first kappa shape index (κ1) is 9.90. The molecule has 0 bridgehead atoms. The Kier molecular flexibility index (Phi) is 2.47. The van der Waals surface area contributed by atoms with Crippen molar-refractivity contribution >= 4 is 0 Å². The van der Waals surface area contributed by atoms with Gasteiger partial charge in [-0.1, -0.05) is 17.7 Å². The van der Waals surface area contributed by atoms with Crippen LogP contribution in [0.4, 0.5) is 0 Å². The number of fused-ring (bicyclic) bond motifs is 1. The van der Waals surface area contributed by atoms with Crippen LogP contribution in [0.25, 0.3) is 0 Å². The van der Waals surface area contributed by atoms with Crippen molar-refractivity contribution in [2.75, 3.05) is 0 Å². The number of aliphatic hydroxyl groups excluding tert-OH is 2. The quantitative estimate of drug-likeness (QED) is 0.506. The molecule has 1 aliphatic carbocycles. The molecule has 3 heteroatoms. The summed E-state index contributed by atoms with van der Waals surface area (Å²) >= 11 is 0. The summed E-state index contributed by atoms with van der Waals surface area (Å²) in [5.74, 6) is 0. The highest BCUT2D eigenvalue weighted by Gasteiger charge is 2.52. The first-order valence-electron chi connectivity index (χ1n) is 4.95. The summed E-state index contributed by atoms with van der Waals surface area (Å²) in [4.78, 5) is 0. The summed E-state index contributed by atoms with van der Waals surface area (Å²) in [5.41, 5.74) is 2.09. The molecule has 0 spiro atoms. The molecule has 4 unspecified atom stereocenters. The molecule has 78 valence electrons. The van der Waals surface area contributed by atoms with Gasteiger partial charge in [-0.05, 0) is 25.8 Å². The van der Waals surface area contributed by atoms with E-state index < -0.39 is 12.2 Å². The van der Waals surface area contributed by atoms with Crippen molar-refractivity contribution in [1.82, 2.24) is 0 Å². The van der Waals surface area contributed by atoms with Gasteiger partial charge in [0.25, 0.3) is 0 Å². The predicted molar refractivity (Wildman–Crippen MR) is 52.8 cm³/mol. The number of epoxide rings is 1. The Morgan fingerprint density at radius 2 is 2.14 bits per heavy atom. The summed E-state index contributed by atoms with van der Waals surface area (Å²) in [7, 11) is 0. The summed E-state index contributed by atoms with van der Waals surface area (Å²) < 4.78 is 5.17. The van der Waals surface area contributed by atoms with Crippen molar-refractivity contribution in [3.05, 3.63) is 23.3 Å². The van der Waals surface area contributed by atoms with Crippen LogP contribution in [0.15, 0.2) is 23.3 Å². The van der Waals surface area contributed by atoms with Crippen LogP contribution in [-0.4, -0.2) is 34.6 Å². The fourth-order valence-corrected chi connectivity index (χ4v) is 1.80. The maximum atomic E-state index is 9.78. The second-order valence-corrected chi connectivity index (χ2v) is 4.23. The minimum absolute atomic E-state index is 0.166. The lowest BCUT2D eigenvalue weighted by Crippen LogP contribution is -2.30. The lowest BCUT2D eigenvalue weighted by atomic mass is 9.92. The number of ether oxygens (including phenoxy) is 1. The van der Waals surface area contributed by atoms with Crippen LogP contribution in [0.3, 0.4) is 0 Å². The number of allylic oxidation sites excluding steroid dienone is 2. The van der Waals surface area contributed by atoms with Gasteiger partial charge in [0.2, 0.25) is 0 Å². The van der Waals surface area contributed by atoms with Gasteiger partial charge in [0.15, 0.2) is 0 Å². The van der Waals surface area contributed by atoms with Gasteiger partial charge in [-0.2, -0.15) is 0 Å². The Morgan fingerprint density at radius 3 is 2.79 bits per heavy atom. The fraction of sp³-hybridized carbons (Fsp3) is 0.636. The Balaban J connectivity index is 2.06. The third-order valence-corrected chi connectivity index (χ3v) is 2.72. The molecule has 2 rings (SSSR count). The second kappa shape index (κ2) is 3.50. The van der Waals surface area contributed by atoms with Gasteiger partial charge in [0, 0.05) is 0 Å². The van der Waals surface area contributed by atoms with E-state index in [-0.39, 0.29) is 12.2 Å². The molecule has 1 aliphatic heterocycles. The standard InChI is InChI=1S/C11H16O3/c1-6(2)3-4-7-5-8(12)10-11(14-10)9(7)13/h3,5,8-13H,4H2,1-2H3. The van der Waals surface area contributed by atoms with E-state index in [1.54, 1.807) is 6.08 Å². The number of rotatable bonds is 2. The van der Waals surface area contributed by atoms with Gasteiger partial charge in [-0.25, -0.2) is 0 Å². The van der Waals surface area contributed by atoms with Gasteiger partial charge < -0.3 is 14.9 Å². The topological polar surface area (TPSA) is 53.0 Å². The van der Waals surface area contributed by atoms with Crippen molar-refractivity contribution < 1.29 is 14.9 Å². The molecule has 4 atom stereocenters. The molecule has 0 saturated carbocycles. The van der Waals surface area contributed by atoms with E-state index in [9.17, 15) is 10.2 Å². The molecule has 0 amide bonds. The molecular weight excluding hydrogens is 180 g/mol. The molecule has 1 fully saturated rings. The smallest absolute Gasteiger partial charge is 0.117 e. The van der Waals surface area contributed by atoms with E-state index in [1.165, 1.54) is 5.57 Å². The highest BCUT2D eigenvalue weighted by molar-refractivity contribution is 5.26. The third kappa shape index (κ3) is 1.75. The van der Waals surface area contributed by atoms with Crippen LogP contribution in [0.2, 0.25) is 0 Å².